The maximum absolute atomic E-state index is 8.83. The Morgan fingerprint density at radius 2 is 1.56 bits per heavy atom. The van der Waals surface area contributed by atoms with Crippen LogP contribution in [0.1, 0.15) is 5.56 Å². The first kappa shape index (κ1) is 16.2. The molecule has 0 atom stereocenters. The van der Waals surface area contributed by atoms with E-state index < -0.39 is 0 Å². The standard InChI is InChI=1S/C18H17N7/c1-25(2)16-9-7-14(8-10-16)21-17-12-20-24-18(23-17)22-15-5-3-13(11-19)4-6-15/h3-10,12H,1-2H3,(H2,21,22,23,24). The van der Waals surface area contributed by atoms with E-state index >= 15 is 0 Å². The lowest BCUT2D eigenvalue weighted by Gasteiger charge is -2.13. The van der Waals surface area contributed by atoms with E-state index in [0.717, 1.165) is 17.1 Å². The van der Waals surface area contributed by atoms with Gasteiger partial charge >= 0.3 is 0 Å². The summed E-state index contributed by atoms with van der Waals surface area (Å²) in [5.74, 6) is 0.961. The highest BCUT2D eigenvalue weighted by molar-refractivity contribution is 5.61. The van der Waals surface area contributed by atoms with Crippen LogP contribution in [0.15, 0.2) is 54.7 Å². The van der Waals surface area contributed by atoms with E-state index in [1.54, 1.807) is 30.5 Å². The van der Waals surface area contributed by atoms with Crippen LogP contribution in [0.25, 0.3) is 0 Å². The van der Waals surface area contributed by atoms with Crippen molar-refractivity contribution in [2.75, 3.05) is 29.6 Å². The Balaban J connectivity index is 1.71. The molecule has 124 valence electrons. The van der Waals surface area contributed by atoms with Crippen LogP contribution >= 0.6 is 0 Å². The Hall–Kier alpha value is -3.66. The summed E-state index contributed by atoms with van der Waals surface area (Å²) in [6.45, 7) is 0. The normalized spacial score (nSPS) is 9.96. The first-order chi connectivity index (χ1) is 12.1. The van der Waals surface area contributed by atoms with Gasteiger partial charge in [0.2, 0.25) is 5.95 Å². The molecule has 0 unspecified atom stereocenters. The number of hydrogen-bond acceptors (Lipinski definition) is 7. The zero-order chi connectivity index (χ0) is 17.6. The van der Waals surface area contributed by atoms with E-state index in [1.807, 2.05) is 43.3 Å². The molecule has 2 N–H and O–H groups in total. The molecule has 7 nitrogen and oxygen atoms in total. The van der Waals surface area contributed by atoms with Crippen LogP contribution < -0.4 is 15.5 Å². The second-order valence-corrected chi connectivity index (χ2v) is 5.55. The smallest absolute Gasteiger partial charge is 0.249 e. The van der Waals surface area contributed by atoms with Crippen LogP contribution in [-0.4, -0.2) is 29.3 Å². The summed E-state index contributed by atoms with van der Waals surface area (Å²) in [7, 11) is 4.00. The number of nitriles is 1. The van der Waals surface area contributed by atoms with Crippen molar-refractivity contribution in [2.45, 2.75) is 0 Å². The molecule has 2 aromatic carbocycles. The highest BCUT2D eigenvalue weighted by Gasteiger charge is 2.03. The zero-order valence-corrected chi connectivity index (χ0v) is 13.9. The Morgan fingerprint density at radius 1 is 0.920 bits per heavy atom. The lowest BCUT2D eigenvalue weighted by molar-refractivity contribution is 0.982. The number of rotatable bonds is 5. The summed E-state index contributed by atoms with van der Waals surface area (Å²) in [4.78, 5) is 6.43. The fourth-order valence-electron chi connectivity index (χ4n) is 2.16. The Bertz CT molecular complexity index is 881. The Kier molecular flexibility index (Phi) is 4.72. The minimum absolute atomic E-state index is 0.375. The van der Waals surface area contributed by atoms with Gasteiger partial charge in [-0.2, -0.15) is 15.3 Å². The van der Waals surface area contributed by atoms with Crippen molar-refractivity contribution in [1.82, 2.24) is 15.2 Å². The second kappa shape index (κ2) is 7.27. The van der Waals surface area contributed by atoms with Crippen molar-refractivity contribution in [2.24, 2.45) is 0 Å². The summed E-state index contributed by atoms with van der Waals surface area (Å²) < 4.78 is 0. The first-order valence-electron chi connectivity index (χ1n) is 7.65. The van der Waals surface area contributed by atoms with Crippen molar-refractivity contribution in [3.63, 3.8) is 0 Å². The lowest BCUT2D eigenvalue weighted by Crippen LogP contribution is -2.08. The number of nitrogens with zero attached hydrogens (tertiary/aromatic N) is 5. The third-order valence-corrected chi connectivity index (χ3v) is 3.49. The molecule has 25 heavy (non-hydrogen) atoms. The second-order valence-electron chi connectivity index (χ2n) is 5.55. The average Bonchev–Trinajstić information content (AvgIpc) is 2.63. The maximum atomic E-state index is 8.83. The molecule has 1 aromatic heterocycles. The van der Waals surface area contributed by atoms with Crippen LogP contribution in [0.4, 0.5) is 28.8 Å². The summed E-state index contributed by atoms with van der Waals surface area (Å²) in [5, 5.41) is 23.0. The van der Waals surface area contributed by atoms with Gasteiger partial charge < -0.3 is 15.5 Å². The van der Waals surface area contributed by atoms with Crippen LogP contribution in [0, 0.1) is 11.3 Å². The van der Waals surface area contributed by atoms with Gasteiger partial charge in [-0.1, -0.05) is 0 Å². The molecule has 0 spiro atoms. The van der Waals surface area contributed by atoms with Crippen LogP contribution in [0.2, 0.25) is 0 Å². The van der Waals surface area contributed by atoms with Crippen LogP contribution in [0.3, 0.4) is 0 Å². The number of hydrogen-bond donors (Lipinski definition) is 2. The van der Waals surface area contributed by atoms with E-state index in [-0.39, 0.29) is 0 Å². The summed E-state index contributed by atoms with van der Waals surface area (Å²) >= 11 is 0. The molecule has 3 rings (SSSR count). The van der Waals surface area contributed by atoms with Crippen molar-refractivity contribution < 1.29 is 0 Å². The van der Waals surface area contributed by atoms with Gasteiger partial charge in [0, 0.05) is 31.2 Å². The topological polar surface area (TPSA) is 89.8 Å². The molecule has 0 aliphatic rings. The van der Waals surface area contributed by atoms with Gasteiger partial charge in [-0.05, 0) is 48.5 Å². The van der Waals surface area contributed by atoms with Gasteiger partial charge in [0.05, 0.1) is 17.8 Å². The molecule has 0 saturated heterocycles. The van der Waals surface area contributed by atoms with Gasteiger partial charge in [0.1, 0.15) is 0 Å². The Labute approximate surface area is 146 Å². The van der Waals surface area contributed by atoms with E-state index in [9.17, 15) is 0 Å². The number of nitrogens with one attached hydrogen (secondary N) is 2. The third kappa shape index (κ3) is 4.20. The van der Waals surface area contributed by atoms with Crippen molar-refractivity contribution in [3.05, 3.63) is 60.3 Å². The summed E-state index contributed by atoms with van der Waals surface area (Å²) in [5.41, 5.74) is 3.42. The van der Waals surface area contributed by atoms with Gasteiger partial charge in [-0.3, -0.25) is 0 Å². The van der Waals surface area contributed by atoms with Crippen LogP contribution in [-0.2, 0) is 0 Å². The maximum Gasteiger partial charge on any atom is 0.249 e. The van der Waals surface area contributed by atoms with E-state index in [0.29, 0.717) is 17.3 Å². The molecule has 3 aromatic rings. The quantitative estimate of drug-likeness (QED) is 0.741. The van der Waals surface area contributed by atoms with Gasteiger partial charge in [-0.25, -0.2) is 0 Å². The number of aromatic nitrogens is 3. The Morgan fingerprint density at radius 3 is 2.20 bits per heavy atom. The molecular formula is C18H17N7. The summed E-state index contributed by atoms with van der Waals surface area (Å²) in [6, 6.07) is 17.1. The van der Waals surface area contributed by atoms with Gasteiger partial charge in [0.25, 0.3) is 0 Å². The molecule has 1 heterocycles. The molecule has 0 saturated carbocycles. The SMILES string of the molecule is CN(C)c1ccc(Nc2cnnc(Nc3ccc(C#N)cc3)n2)cc1. The minimum Gasteiger partial charge on any atom is -0.378 e. The molecule has 0 bridgehead atoms. The lowest BCUT2D eigenvalue weighted by atomic mass is 10.2. The highest BCUT2D eigenvalue weighted by atomic mass is 15.3. The zero-order valence-electron chi connectivity index (χ0n) is 13.9. The van der Waals surface area contributed by atoms with Crippen molar-refractivity contribution >= 4 is 28.8 Å². The van der Waals surface area contributed by atoms with Crippen LogP contribution in [0.5, 0.6) is 0 Å². The molecular weight excluding hydrogens is 314 g/mol. The van der Waals surface area contributed by atoms with E-state index in [1.165, 1.54) is 0 Å². The number of benzene rings is 2. The highest BCUT2D eigenvalue weighted by Crippen LogP contribution is 2.20. The predicted octanol–water partition coefficient (Wildman–Crippen LogP) is 3.30. The van der Waals surface area contributed by atoms with E-state index in [2.05, 4.69) is 31.9 Å². The molecule has 0 radical (unpaired) electrons. The van der Waals surface area contributed by atoms with E-state index in [4.69, 9.17) is 5.26 Å². The molecule has 0 amide bonds. The average molecular weight is 331 g/mol. The third-order valence-electron chi connectivity index (χ3n) is 3.49. The predicted molar refractivity (Wildman–Crippen MR) is 98.3 cm³/mol. The monoisotopic (exact) mass is 331 g/mol. The fourth-order valence-corrected chi connectivity index (χ4v) is 2.16. The van der Waals surface area contributed by atoms with Crippen molar-refractivity contribution in [1.29, 1.82) is 5.26 Å². The number of anilines is 5. The molecule has 7 heteroatoms. The first-order valence-corrected chi connectivity index (χ1v) is 7.65. The fraction of sp³-hybridized carbons (Fsp3) is 0.111. The minimum atomic E-state index is 0.375. The largest absolute Gasteiger partial charge is 0.378 e. The van der Waals surface area contributed by atoms with Crippen molar-refractivity contribution in [3.8, 4) is 6.07 Å². The van der Waals surface area contributed by atoms with Gasteiger partial charge in [-0.15, -0.1) is 5.10 Å². The molecule has 0 aliphatic carbocycles. The molecule has 0 fully saturated rings. The van der Waals surface area contributed by atoms with Gasteiger partial charge in [0.15, 0.2) is 5.82 Å². The summed E-state index contributed by atoms with van der Waals surface area (Å²) in [6.07, 6.45) is 1.56. The molecule has 0 aliphatic heterocycles.